The summed E-state index contributed by atoms with van der Waals surface area (Å²) in [6.45, 7) is 6.46. The lowest BCUT2D eigenvalue weighted by Gasteiger charge is -2.37. The monoisotopic (exact) mass is 218 g/mol. The van der Waals surface area contributed by atoms with Crippen LogP contribution in [0.25, 0.3) is 0 Å². The van der Waals surface area contributed by atoms with Crippen LogP contribution in [-0.4, -0.2) is 10.6 Å². The summed E-state index contributed by atoms with van der Waals surface area (Å²) in [6, 6.07) is 0. The molecule has 1 saturated carbocycles. The molecule has 0 amide bonds. The van der Waals surface area contributed by atoms with E-state index in [1.54, 1.807) is 0 Å². The van der Waals surface area contributed by atoms with Gasteiger partial charge < -0.3 is 0 Å². The minimum atomic E-state index is 0.0752. The van der Waals surface area contributed by atoms with Crippen molar-refractivity contribution in [2.75, 3.05) is 0 Å². The van der Waals surface area contributed by atoms with Crippen molar-refractivity contribution in [3.63, 3.8) is 0 Å². The highest BCUT2D eigenvalue weighted by Crippen LogP contribution is 2.40. The van der Waals surface area contributed by atoms with Gasteiger partial charge in [0.15, 0.2) is 0 Å². The highest BCUT2D eigenvalue weighted by Gasteiger charge is 2.38. The maximum absolute atomic E-state index is 11.4. The van der Waals surface area contributed by atoms with Gasteiger partial charge in [0.2, 0.25) is 0 Å². The molecule has 0 heterocycles. The molecule has 11 heavy (non-hydrogen) atoms. The number of hydrogen-bond acceptors (Lipinski definition) is 1. The number of hydrogen-bond donors (Lipinski definition) is 0. The second-order valence-corrected chi connectivity index (χ2v) is 5.25. The largest absolute Gasteiger partial charge is 0.298 e. The summed E-state index contributed by atoms with van der Waals surface area (Å²) in [7, 11) is 0. The van der Waals surface area contributed by atoms with Crippen LogP contribution in [0.2, 0.25) is 0 Å². The van der Waals surface area contributed by atoms with E-state index >= 15 is 0 Å². The van der Waals surface area contributed by atoms with Crippen LogP contribution in [0.1, 0.15) is 33.6 Å². The normalized spacial score (nSPS) is 37.3. The van der Waals surface area contributed by atoms with Crippen molar-refractivity contribution in [1.29, 1.82) is 0 Å². The molecule has 0 bridgehead atoms. The quantitative estimate of drug-likeness (QED) is 0.572. The molecule has 0 aromatic heterocycles. The molecule has 0 N–H and O–H groups in total. The summed E-state index contributed by atoms with van der Waals surface area (Å²) < 4.78 is 0. The van der Waals surface area contributed by atoms with E-state index in [0.717, 1.165) is 12.8 Å². The predicted octanol–water partition coefficient (Wildman–Crippen LogP) is 2.78. The molecule has 1 fully saturated rings. The first kappa shape index (κ1) is 9.24. The smallest absolute Gasteiger partial charge is 0.147 e. The Morgan fingerprint density at radius 2 is 2.09 bits per heavy atom. The lowest BCUT2D eigenvalue weighted by atomic mass is 9.72. The van der Waals surface area contributed by atoms with Crippen molar-refractivity contribution in [2.45, 2.75) is 38.4 Å². The zero-order valence-electron chi connectivity index (χ0n) is 7.36. The molecule has 1 aliphatic carbocycles. The SMILES string of the molecule is C[C@@H]1CC(=O)[C@@H](Br)C(C)(C)C1. The van der Waals surface area contributed by atoms with Gasteiger partial charge in [0.05, 0.1) is 4.83 Å². The third kappa shape index (κ3) is 1.84. The molecule has 64 valence electrons. The third-order valence-corrected chi connectivity index (χ3v) is 4.14. The van der Waals surface area contributed by atoms with Gasteiger partial charge in [0, 0.05) is 6.42 Å². The summed E-state index contributed by atoms with van der Waals surface area (Å²) in [5.74, 6) is 0.931. The number of carbonyl (C=O) groups excluding carboxylic acids is 1. The maximum Gasteiger partial charge on any atom is 0.147 e. The van der Waals surface area contributed by atoms with E-state index < -0.39 is 0 Å². The molecule has 1 nitrogen and oxygen atoms in total. The van der Waals surface area contributed by atoms with Crippen LogP contribution in [0.5, 0.6) is 0 Å². The van der Waals surface area contributed by atoms with Crippen LogP contribution in [0.3, 0.4) is 0 Å². The summed E-state index contributed by atoms with van der Waals surface area (Å²) in [5.41, 5.74) is 0.148. The Balaban J connectivity index is 2.75. The van der Waals surface area contributed by atoms with E-state index in [1.165, 1.54) is 0 Å². The van der Waals surface area contributed by atoms with E-state index in [0.29, 0.717) is 11.7 Å². The number of halogens is 1. The molecular formula is C9H15BrO. The second-order valence-electron chi connectivity index (χ2n) is 4.33. The van der Waals surface area contributed by atoms with E-state index in [1.807, 2.05) is 0 Å². The van der Waals surface area contributed by atoms with Gasteiger partial charge in [-0.1, -0.05) is 36.7 Å². The minimum Gasteiger partial charge on any atom is -0.298 e. The van der Waals surface area contributed by atoms with Crippen LogP contribution < -0.4 is 0 Å². The average Bonchev–Trinajstić information content (AvgIpc) is 1.81. The second kappa shape index (κ2) is 2.89. The van der Waals surface area contributed by atoms with Gasteiger partial charge in [0.1, 0.15) is 5.78 Å². The Hall–Kier alpha value is 0.150. The number of rotatable bonds is 0. The van der Waals surface area contributed by atoms with E-state index in [9.17, 15) is 4.79 Å². The first-order valence-corrected chi connectivity index (χ1v) is 5.02. The molecule has 0 aromatic carbocycles. The predicted molar refractivity (Wildman–Crippen MR) is 49.9 cm³/mol. The van der Waals surface area contributed by atoms with Gasteiger partial charge in [-0.05, 0) is 17.8 Å². The Labute approximate surface area is 76.7 Å². The van der Waals surface area contributed by atoms with E-state index in [2.05, 4.69) is 36.7 Å². The number of alkyl halides is 1. The summed E-state index contributed by atoms with van der Waals surface area (Å²) >= 11 is 3.45. The van der Waals surface area contributed by atoms with Crippen molar-refractivity contribution in [1.82, 2.24) is 0 Å². The van der Waals surface area contributed by atoms with Gasteiger partial charge in [0.25, 0.3) is 0 Å². The summed E-state index contributed by atoms with van der Waals surface area (Å²) in [6.07, 6.45) is 1.90. The number of carbonyl (C=O) groups is 1. The Kier molecular flexibility index (Phi) is 2.43. The van der Waals surface area contributed by atoms with Gasteiger partial charge in [-0.15, -0.1) is 0 Å². The number of Topliss-reactive ketones (excluding diaryl/α,β-unsaturated/α-hetero) is 1. The molecule has 2 atom stereocenters. The molecule has 2 heteroatoms. The first-order chi connectivity index (χ1) is 4.93. The van der Waals surface area contributed by atoms with Gasteiger partial charge >= 0.3 is 0 Å². The van der Waals surface area contributed by atoms with Crippen molar-refractivity contribution >= 4 is 21.7 Å². The topological polar surface area (TPSA) is 17.1 Å². The molecule has 1 aliphatic rings. The summed E-state index contributed by atoms with van der Waals surface area (Å²) in [5, 5.41) is 0. The van der Waals surface area contributed by atoms with Crippen LogP contribution in [-0.2, 0) is 4.79 Å². The fourth-order valence-electron chi connectivity index (χ4n) is 1.96. The molecule has 0 spiro atoms. The highest BCUT2D eigenvalue weighted by atomic mass is 79.9. The lowest BCUT2D eigenvalue weighted by molar-refractivity contribution is -0.123. The fraction of sp³-hybridized carbons (Fsp3) is 0.889. The van der Waals surface area contributed by atoms with Crippen LogP contribution in [0.15, 0.2) is 0 Å². The average molecular weight is 219 g/mol. The molecule has 0 aliphatic heterocycles. The molecule has 0 aromatic rings. The standard InChI is InChI=1S/C9H15BrO/c1-6-4-7(11)8(10)9(2,3)5-6/h6,8H,4-5H2,1-3H3/t6-,8-/m1/s1. The van der Waals surface area contributed by atoms with E-state index in [-0.39, 0.29) is 10.2 Å². The van der Waals surface area contributed by atoms with Gasteiger partial charge in [-0.25, -0.2) is 0 Å². The van der Waals surface area contributed by atoms with Crippen LogP contribution in [0.4, 0.5) is 0 Å². The molecule has 0 saturated heterocycles. The van der Waals surface area contributed by atoms with Crippen molar-refractivity contribution in [3.05, 3.63) is 0 Å². The first-order valence-electron chi connectivity index (χ1n) is 4.10. The van der Waals surface area contributed by atoms with Crippen LogP contribution in [0, 0.1) is 11.3 Å². The van der Waals surface area contributed by atoms with Gasteiger partial charge in [-0.2, -0.15) is 0 Å². The zero-order chi connectivity index (χ0) is 8.65. The van der Waals surface area contributed by atoms with Crippen molar-refractivity contribution in [2.24, 2.45) is 11.3 Å². The zero-order valence-corrected chi connectivity index (χ0v) is 8.94. The molecule has 0 radical (unpaired) electrons. The summed E-state index contributed by atoms with van der Waals surface area (Å²) in [4.78, 5) is 11.4. The highest BCUT2D eigenvalue weighted by molar-refractivity contribution is 9.10. The van der Waals surface area contributed by atoms with Crippen molar-refractivity contribution in [3.8, 4) is 0 Å². The van der Waals surface area contributed by atoms with Crippen LogP contribution >= 0.6 is 15.9 Å². The fourth-order valence-corrected chi connectivity index (χ4v) is 2.33. The third-order valence-electron chi connectivity index (χ3n) is 2.39. The molecule has 1 rings (SSSR count). The van der Waals surface area contributed by atoms with Crippen molar-refractivity contribution < 1.29 is 4.79 Å². The lowest BCUT2D eigenvalue weighted by Crippen LogP contribution is -2.38. The maximum atomic E-state index is 11.4. The Morgan fingerprint density at radius 1 is 1.55 bits per heavy atom. The van der Waals surface area contributed by atoms with Gasteiger partial charge in [-0.3, -0.25) is 4.79 Å². The van der Waals surface area contributed by atoms with E-state index in [4.69, 9.17) is 0 Å². The number of ketones is 1. The molecular weight excluding hydrogens is 204 g/mol. The minimum absolute atomic E-state index is 0.0752. The Bertz CT molecular complexity index is 174. The molecule has 0 unspecified atom stereocenters. The Morgan fingerprint density at radius 3 is 2.55 bits per heavy atom.